The van der Waals surface area contributed by atoms with Crippen LogP contribution in [0.15, 0.2) is 11.5 Å². The lowest BCUT2D eigenvalue weighted by Gasteiger charge is -2.23. The van der Waals surface area contributed by atoms with Gasteiger partial charge in [-0.1, -0.05) is 0 Å². The van der Waals surface area contributed by atoms with Crippen LogP contribution in [0.25, 0.3) is 0 Å². The molecule has 0 aliphatic carbocycles. The molecule has 0 bridgehead atoms. The summed E-state index contributed by atoms with van der Waals surface area (Å²) in [7, 11) is 0. The maximum Gasteiger partial charge on any atom is 0.435 e. The maximum atomic E-state index is 11.8. The number of hydrogen-bond donors (Lipinski definition) is 0. The van der Waals surface area contributed by atoms with Gasteiger partial charge in [-0.25, -0.2) is 4.79 Å². The van der Waals surface area contributed by atoms with E-state index in [0.717, 1.165) is 0 Å². The van der Waals surface area contributed by atoms with Gasteiger partial charge in [0.2, 0.25) is 5.76 Å². The lowest BCUT2D eigenvalue weighted by atomic mass is 10.2. The van der Waals surface area contributed by atoms with Gasteiger partial charge in [-0.2, -0.15) is 0 Å². The Kier molecular flexibility index (Phi) is 3.34. The fraction of sp³-hybridized carbons (Fsp3) is 0.727. The van der Waals surface area contributed by atoms with Crippen molar-refractivity contribution in [1.29, 1.82) is 0 Å². The third-order valence-corrected chi connectivity index (χ3v) is 5.13. The molecule has 3 heterocycles. The monoisotopic (exact) mass is 322 g/mol. The summed E-state index contributed by atoms with van der Waals surface area (Å²) in [4.78, 5) is 11.8. The fourth-order valence-electron chi connectivity index (χ4n) is 2.20. The third kappa shape index (κ3) is 2.35. The average Bonchev–Trinajstić information content (AvgIpc) is 2.94. The maximum absolute atomic E-state index is 11.8. The topological polar surface area (TPSA) is 72.5 Å². The molecular formula is C11H15O7PS. The first-order chi connectivity index (χ1) is 9.34. The Morgan fingerprint density at radius 3 is 2.80 bits per heavy atom. The van der Waals surface area contributed by atoms with Crippen molar-refractivity contribution < 1.29 is 32.6 Å². The van der Waals surface area contributed by atoms with Gasteiger partial charge in [0.25, 0.3) is 5.76 Å². The second-order valence-electron chi connectivity index (χ2n) is 4.93. The molecule has 1 fully saturated rings. The molecule has 0 spiro atoms. The highest BCUT2D eigenvalue weighted by Crippen LogP contribution is 2.61. The summed E-state index contributed by atoms with van der Waals surface area (Å²) in [6.45, 7) is 3.05. The van der Waals surface area contributed by atoms with E-state index in [9.17, 15) is 4.79 Å². The normalized spacial score (nSPS) is 38.5. The van der Waals surface area contributed by atoms with E-state index in [0.29, 0.717) is 13.2 Å². The van der Waals surface area contributed by atoms with Crippen LogP contribution >= 0.6 is 6.72 Å². The first kappa shape index (κ1) is 14.3. The van der Waals surface area contributed by atoms with E-state index in [4.69, 9.17) is 39.6 Å². The van der Waals surface area contributed by atoms with Crippen LogP contribution in [0, 0.1) is 0 Å². The molecule has 0 aromatic rings. The zero-order chi connectivity index (χ0) is 14.5. The third-order valence-electron chi connectivity index (χ3n) is 2.97. The van der Waals surface area contributed by atoms with Crippen molar-refractivity contribution in [3.63, 3.8) is 0 Å². The summed E-state index contributed by atoms with van der Waals surface area (Å²) in [6.07, 6.45) is -1.15. The van der Waals surface area contributed by atoms with Gasteiger partial charge >= 0.3 is 12.7 Å². The van der Waals surface area contributed by atoms with E-state index in [1.807, 2.05) is 0 Å². The molecule has 0 saturated carbocycles. The van der Waals surface area contributed by atoms with Crippen molar-refractivity contribution in [2.24, 2.45) is 0 Å². The average molecular weight is 322 g/mol. The Bertz CT molecular complexity index is 529. The number of carbonyl (C=O) groups is 1. The predicted octanol–water partition coefficient (Wildman–Crippen LogP) is 1.58. The van der Waals surface area contributed by atoms with Gasteiger partial charge < -0.3 is 23.3 Å². The van der Waals surface area contributed by atoms with Crippen LogP contribution in [-0.4, -0.2) is 37.2 Å². The minimum absolute atomic E-state index is 0.0000828. The number of rotatable bonds is 3. The van der Waals surface area contributed by atoms with Crippen LogP contribution < -0.4 is 0 Å². The van der Waals surface area contributed by atoms with Crippen molar-refractivity contribution in [3.8, 4) is 0 Å². The van der Waals surface area contributed by atoms with Crippen molar-refractivity contribution in [2.45, 2.75) is 38.8 Å². The van der Waals surface area contributed by atoms with Gasteiger partial charge in [-0.3, -0.25) is 4.52 Å². The Morgan fingerprint density at radius 1 is 1.45 bits per heavy atom. The standard InChI is InChI=1S/C11H15O7PS/c1-4-14-19(20)17-8-7(15-10(12)9(8)18-19)6-5-13-11(2,3)16-6/h6-7H,4-5H2,1-3H3/t6-,7+,19?/m0/s1. The molecule has 0 N–H and O–H groups in total. The second-order valence-corrected chi connectivity index (χ2v) is 7.79. The molecule has 3 aliphatic rings. The van der Waals surface area contributed by atoms with E-state index < -0.39 is 30.7 Å². The predicted molar refractivity (Wildman–Crippen MR) is 69.9 cm³/mol. The first-order valence-electron chi connectivity index (χ1n) is 6.24. The van der Waals surface area contributed by atoms with E-state index in [1.54, 1.807) is 20.8 Å². The molecule has 112 valence electrons. The van der Waals surface area contributed by atoms with Crippen molar-refractivity contribution in [2.75, 3.05) is 13.2 Å². The minimum atomic E-state index is -2.93. The summed E-state index contributed by atoms with van der Waals surface area (Å²) in [5.41, 5.74) is 0. The number of ether oxygens (including phenoxy) is 3. The summed E-state index contributed by atoms with van der Waals surface area (Å²) in [5.74, 6) is -1.07. The van der Waals surface area contributed by atoms with Crippen LogP contribution in [0.2, 0.25) is 0 Å². The number of cyclic esters (lactones) is 1. The minimum Gasteiger partial charge on any atom is -0.445 e. The SMILES string of the molecule is CCOP1(=S)OC2=C(O1)[C@@H]([C@@H]1COC(C)(C)O1)OC2=O. The molecular weight excluding hydrogens is 307 g/mol. The van der Waals surface area contributed by atoms with Crippen LogP contribution in [0.5, 0.6) is 0 Å². The quantitative estimate of drug-likeness (QED) is 0.573. The Hall–Kier alpha value is -0.660. The van der Waals surface area contributed by atoms with E-state index in [2.05, 4.69) is 0 Å². The van der Waals surface area contributed by atoms with Crippen molar-refractivity contribution in [3.05, 3.63) is 11.5 Å². The van der Waals surface area contributed by atoms with Gasteiger partial charge in [0, 0.05) is 11.8 Å². The zero-order valence-electron chi connectivity index (χ0n) is 11.3. The highest BCUT2D eigenvalue weighted by atomic mass is 32.5. The molecule has 9 heteroatoms. The van der Waals surface area contributed by atoms with Gasteiger partial charge in [0.1, 0.15) is 6.10 Å². The molecule has 0 aromatic carbocycles. The summed E-state index contributed by atoms with van der Waals surface area (Å²) >= 11 is 5.17. The van der Waals surface area contributed by atoms with E-state index >= 15 is 0 Å². The molecule has 3 atom stereocenters. The molecule has 0 aromatic heterocycles. The first-order valence-corrected chi connectivity index (χ1v) is 8.80. The lowest BCUT2D eigenvalue weighted by molar-refractivity contribution is -0.163. The molecule has 3 aliphatic heterocycles. The van der Waals surface area contributed by atoms with Gasteiger partial charge in [-0.05, 0) is 20.8 Å². The molecule has 0 radical (unpaired) electrons. The lowest BCUT2D eigenvalue weighted by Crippen LogP contribution is -2.33. The Balaban J connectivity index is 1.79. The van der Waals surface area contributed by atoms with Gasteiger partial charge in [0.05, 0.1) is 13.2 Å². The zero-order valence-corrected chi connectivity index (χ0v) is 13.0. The van der Waals surface area contributed by atoms with Crippen molar-refractivity contribution in [1.82, 2.24) is 0 Å². The second kappa shape index (κ2) is 4.68. The number of hydrogen-bond acceptors (Lipinski definition) is 8. The molecule has 7 nitrogen and oxygen atoms in total. The molecule has 1 saturated heterocycles. The van der Waals surface area contributed by atoms with Crippen LogP contribution in [0.4, 0.5) is 0 Å². The van der Waals surface area contributed by atoms with E-state index in [1.165, 1.54) is 0 Å². The van der Waals surface area contributed by atoms with Crippen molar-refractivity contribution >= 4 is 24.5 Å². The van der Waals surface area contributed by atoms with Crippen LogP contribution in [0.1, 0.15) is 20.8 Å². The fourth-order valence-corrected chi connectivity index (χ4v) is 4.25. The molecule has 3 rings (SSSR count). The highest BCUT2D eigenvalue weighted by molar-refractivity contribution is 8.07. The van der Waals surface area contributed by atoms with E-state index in [-0.39, 0.29) is 11.5 Å². The Labute approximate surface area is 121 Å². The Morgan fingerprint density at radius 2 is 2.20 bits per heavy atom. The largest absolute Gasteiger partial charge is 0.445 e. The van der Waals surface area contributed by atoms with Gasteiger partial charge in [0.15, 0.2) is 11.9 Å². The summed E-state index contributed by atoms with van der Waals surface area (Å²) in [6, 6.07) is 0. The summed E-state index contributed by atoms with van der Waals surface area (Å²) in [5, 5.41) is 0. The van der Waals surface area contributed by atoms with Crippen LogP contribution in [0.3, 0.4) is 0 Å². The smallest absolute Gasteiger partial charge is 0.435 e. The summed E-state index contributed by atoms with van der Waals surface area (Å²) < 4.78 is 32.6. The number of carbonyl (C=O) groups excluding carboxylic acids is 1. The molecule has 0 amide bonds. The molecule has 20 heavy (non-hydrogen) atoms. The van der Waals surface area contributed by atoms with Gasteiger partial charge in [-0.15, -0.1) is 0 Å². The highest BCUT2D eigenvalue weighted by Gasteiger charge is 2.54. The van der Waals surface area contributed by atoms with Crippen LogP contribution in [-0.2, 0) is 44.4 Å². The number of esters is 1. The molecule has 1 unspecified atom stereocenters.